The van der Waals surface area contributed by atoms with Gasteiger partial charge in [-0.15, -0.1) is 6.42 Å². The summed E-state index contributed by atoms with van der Waals surface area (Å²) in [5.41, 5.74) is 8.21. The SMILES string of the molecule is C#Cc1ccccc1C1OC=C(Sc2nc3c(N)ncnc3n2CCS(=O)(=O)NC2CC2)O1. The van der Waals surface area contributed by atoms with Crippen LogP contribution in [0.15, 0.2) is 47.1 Å². The minimum atomic E-state index is -3.44. The molecule has 2 aliphatic rings. The minimum absolute atomic E-state index is 0.0401. The Labute approximate surface area is 194 Å². The molecule has 5 rings (SSSR count). The summed E-state index contributed by atoms with van der Waals surface area (Å²) in [5, 5.41) is 0.897. The Kier molecular flexibility index (Phi) is 5.61. The average Bonchev–Trinajstić information content (AvgIpc) is 3.35. The zero-order valence-electron chi connectivity index (χ0n) is 17.3. The van der Waals surface area contributed by atoms with Gasteiger partial charge < -0.3 is 19.8 Å². The molecule has 1 unspecified atom stereocenters. The van der Waals surface area contributed by atoms with Crippen molar-refractivity contribution in [1.29, 1.82) is 0 Å². The smallest absolute Gasteiger partial charge is 0.269 e. The molecule has 12 heteroatoms. The molecule has 1 aliphatic heterocycles. The Morgan fingerprint density at radius 3 is 2.91 bits per heavy atom. The van der Waals surface area contributed by atoms with E-state index in [9.17, 15) is 8.42 Å². The van der Waals surface area contributed by atoms with Crippen molar-refractivity contribution in [3.8, 4) is 12.3 Å². The van der Waals surface area contributed by atoms with Crippen LogP contribution in [-0.2, 0) is 26.0 Å². The summed E-state index contributed by atoms with van der Waals surface area (Å²) in [6.45, 7) is 0.134. The average molecular weight is 485 g/mol. The number of nitrogens with one attached hydrogen (secondary N) is 1. The van der Waals surface area contributed by atoms with Crippen molar-refractivity contribution in [3.63, 3.8) is 0 Å². The number of aryl methyl sites for hydroxylation is 1. The van der Waals surface area contributed by atoms with E-state index in [4.69, 9.17) is 21.6 Å². The van der Waals surface area contributed by atoms with Crippen molar-refractivity contribution in [2.45, 2.75) is 36.9 Å². The van der Waals surface area contributed by atoms with Crippen LogP contribution in [0.3, 0.4) is 0 Å². The van der Waals surface area contributed by atoms with Crippen LogP contribution in [0, 0.1) is 12.3 Å². The van der Waals surface area contributed by atoms with Crippen LogP contribution in [0.5, 0.6) is 0 Å². The first-order valence-electron chi connectivity index (χ1n) is 10.2. The summed E-state index contributed by atoms with van der Waals surface area (Å²) in [7, 11) is -3.44. The molecule has 10 nitrogen and oxygen atoms in total. The number of terminal acetylenes is 1. The number of anilines is 1. The zero-order chi connectivity index (χ0) is 23.0. The lowest BCUT2D eigenvalue weighted by molar-refractivity contribution is -0.0275. The second kappa shape index (κ2) is 8.58. The fourth-order valence-corrected chi connectivity index (χ4v) is 5.45. The molecule has 1 aromatic carbocycles. The number of nitrogens with two attached hydrogens (primary N) is 1. The highest BCUT2D eigenvalue weighted by Crippen LogP contribution is 2.39. The second-order valence-electron chi connectivity index (χ2n) is 7.54. The summed E-state index contributed by atoms with van der Waals surface area (Å²) < 4.78 is 40.8. The maximum Gasteiger partial charge on any atom is 0.269 e. The summed E-state index contributed by atoms with van der Waals surface area (Å²) in [6.07, 6.45) is 9.43. The first kappa shape index (κ1) is 21.6. The standard InChI is InChI=1S/C21H20N6O4S2/c1-2-13-5-3-4-6-15(13)20-30-11-16(31-20)32-21-25-17-18(22)23-12-24-19(17)27(21)9-10-33(28,29)26-14-7-8-14/h1,3-6,11-12,14,20,26H,7-10H2,(H2,22,23,24). The molecule has 1 saturated carbocycles. The van der Waals surface area contributed by atoms with Crippen molar-refractivity contribution in [2.75, 3.05) is 11.5 Å². The number of thioether (sulfide) groups is 1. The number of nitrogen functional groups attached to an aromatic ring is 1. The number of sulfonamides is 1. The fraction of sp³-hybridized carbons (Fsp3) is 0.286. The number of fused-ring (bicyclic) bond motifs is 1. The van der Waals surface area contributed by atoms with Crippen LogP contribution in [0.2, 0.25) is 0 Å². The van der Waals surface area contributed by atoms with E-state index in [0.29, 0.717) is 27.0 Å². The van der Waals surface area contributed by atoms with Gasteiger partial charge in [0.1, 0.15) is 12.6 Å². The van der Waals surface area contributed by atoms with Crippen molar-refractivity contribution >= 4 is 38.8 Å². The highest BCUT2D eigenvalue weighted by atomic mass is 32.2. The molecular formula is C21H20N6O4S2. The summed E-state index contributed by atoms with van der Waals surface area (Å²) in [4.78, 5) is 12.8. The highest BCUT2D eigenvalue weighted by Gasteiger charge is 2.29. The van der Waals surface area contributed by atoms with Gasteiger partial charge in [-0.25, -0.2) is 28.1 Å². The van der Waals surface area contributed by atoms with Crippen molar-refractivity contribution in [1.82, 2.24) is 24.2 Å². The van der Waals surface area contributed by atoms with E-state index >= 15 is 0 Å². The number of hydrogen-bond acceptors (Lipinski definition) is 9. The Hall–Kier alpha value is -3.27. The van der Waals surface area contributed by atoms with Gasteiger partial charge in [0.05, 0.1) is 5.75 Å². The molecule has 3 aromatic rings. The largest absolute Gasteiger partial charge is 0.454 e. The Bertz CT molecular complexity index is 1390. The third-order valence-electron chi connectivity index (χ3n) is 5.11. The maximum absolute atomic E-state index is 12.4. The van der Waals surface area contributed by atoms with Gasteiger partial charge in [0.2, 0.25) is 15.1 Å². The van der Waals surface area contributed by atoms with Crippen LogP contribution in [0.4, 0.5) is 5.82 Å². The number of rotatable bonds is 8. The van der Waals surface area contributed by atoms with E-state index in [0.717, 1.165) is 18.4 Å². The van der Waals surface area contributed by atoms with Gasteiger partial charge in [-0.1, -0.05) is 24.1 Å². The lowest BCUT2D eigenvalue weighted by Gasteiger charge is -2.14. The molecule has 0 saturated heterocycles. The Morgan fingerprint density at radius 1 is 1.30 bits per heavy atom. The van der Waals surface area contributed by atoms with E-state index in [-0.39, 0.29) is 24.2 Å². The van der Waals surface area contributed by atoms with Crippen molar-refractivity contribution in [3.05, 3.63) is 53.1 Å². The van der Waals surface area contributed by atoms with Crippen LogP contribution >= 0.6 is 11.8 Å². The van der Waals surface area contributed by atoms with Crippen molar-refractivity contribution in [2.24, 2.45) is 0 Å². The summed E-state index contributed by atoms with van der Waals surface area (Å²) in [6, 6.07) is 7.38. The molecule has 0 radical (unpaired) electrons. The van der Waals surface area contributed by atoms with Crippen molar-refractivity contribution < 1.29 is 17.9 Å². The number of imidazole rings is 1. The van der Waals surface area contributed by atoms with E-state index in [1.54, 1.807) is 4.57 Å². The van der Waals surface area contributed by atoms with Gasteiger partial charge in [0.15, 0.2) is 22.1 Å². The lowest BCUT2D eigenvalue weighted by Crippen LogP contribution is -2.30. The Morgan fingerprint density at radius 2 is 2.12 bits per heavy atom. The molecule has 1 atom stereocenters. The normalized spacial score (nSPS) is 17.9. The van der Waals surface area contributed by atoms with E-state index in [1.165, 1.54) is 24.4 Å². The quantitative estimate of drug-likeness (QED) is 0.461. The van der Waals surface area contributed by atoms with Gasteiger partial charge >= 0.3 is 0 Å². The third kappa shape index (κ3) is 4.61. The van der Waals surface area contributed by atoms with Gasteiger partial charge in [0.25, 0.3) is 6.29 Å². The monoisotopic (exact) mass is 484 g/mol. The molecule has 33 heavy (non-hydrogen) atoms. The number of benzene rings is 1. The predicted octanol–water partition coefficient (Wildman–Crippen LogP) is 2.11. The van der Waals surface area contributed by atoms with E-state index in [1.807, 2.05) is 24.3 Å². The molecule has 3 N–H and O–H groups in total. The second-order valence-corrected chi connectivity index (χ2v) is 10.4. The van der Waals surface area contributed by atoms with Crippen LogP contribution in [0.25, 0.3) is 11.2 Å². The van der Waals surface area contributed by atoms with Crippen LogP contribution in [0.1, 0.15) is 30.3 Å². The molecule has 3 heterocycles. The van der Waals surface area contributed by atoms with Gasteiger partial charge in [-0.2, -0.15) is 0 Å². The molecule has 0 amide bonds. The molecular weight excluding hydrogens is 464 g/mol. The first-order valence-corrected chi connectivity index (χ1v) is 12.6. The van der Waals surface area contributed by atoms with Gasteiger partial charge in [-0.05, 0) is 30.7 Å². The van der Waals surface area contributed by atoms with Crippen LogP contribution < -0.4 is 10.5 Å². The number of nitrogens with zero attached hydrogens (tertiary/aromatic N) is 4. The minimum Gasteiger partial charge on any atom is -0.454 e. The molecule has 1 aliphatic carbocycles. The van der Waals surface area contributed by atoms with E-state index < -0.39 is 16.3 Å². The highest BCUT2D eigenvalue weighted by molar-refractivity contribution is 8.02. The number of aromatic nitrogens is 4. The first-order chi connectivity index (χ1) is 15.9. The number of ether oxygens (including phenoxy) is 2. The maximum atomic E-state index is 12.4. The van der Waals surface area contributed by atoms with Gasteiger partial charge in [-0.3, -0.25) is 0 Å². The zero-order valence-corrected chi connectivity index (χ0v) is 19.0. The van der Waals surface area contributed by atoms with E-state index in [2.05, 4.69) is 25.6 Å². The molecule has 0 spiro atoms. The fourth-order valence-electron chi connectivity index (χ4n) is 3.33. The molecule has 2 aromatic heterocycles. The number of hydrogen-bond donors (Lipinski definition) is 2. The van der Waals surface area contributed by atoms with Crippen LogP contribution in [-0.4, -0.2) is 39.7 Å². The molecule has 1 fully saturated rings. The lowest BCUT2D eigenvalue weighted by atomic mass is 10.1. The topological polar surface area (TPSA) is 134 Å². The summed E-state index contributed by atoms with van der Waals surface area (Å²) >= 11 is 1.18. The predicted molar refractivity (Wildman–Crippen MR) is 123 cm³/mol. The third-order valence-corrected chi connectivity index (χ3v) is 7.41. The summed E-state index contributed by atoms with van der Waals surface area (Å²) in [5.74, 6) is 2.70. The molecule has 170 valence electrons. The Balaban J connectivity index is 1.38. The molecule has 0 bridgehead atoms. The van der Waals surface area contributed by atoms with Gasteiger partial charge in [0, 0.05) is 23.7 Å².